The van der Waals surface area contributed by atoms with Gasteiger partial charge in [-0.05, 0) is 42.4 Å². The summed E-state index contributed by atoms with van der Waals surface area (Å²) in [6.45, 7) is 4.39. The third-order valence-electron chi connectivity index (χ3n) is 3.91. The van der Waals surface area contributed by atoms with Crippen LogP contribution in [0.25, 0.3) is 0 Å². The topological polar surface area (TPSA) is 49.3 Å². The Hall–Kier alpha value is -1.42. The molecule has 1 aliphatic carbocycles. The Kier molecular flexibility index (Phi) is 4.76. The van der Waals surface area contributed by atoms with Crippen LogP contribution in [0.3, 0.4) is 0 Å². The van der Waals surface area contributed by atoms with Gasteiger partial charge in [0.1, 0.15) is 5.82 Å². The first-order chi connectivity index (χ1) is 9.49. The molecule has 0 aromatic heterocycles. The van der Waals surface area contributed by atoms with Crippen molar-refractivity contribution in [2.75, 3.05) is 6.54 Å². The number of carbonyl (C=O) groups is 1. The minimum absolute atomic E-state index is 0.00946. The van der Waals surface area contributed by atoms with E-state index in [1.165, 1.54) is 12.1 Å². The summed E-state index contributed by atoms with van der Waals surface area (Å²) in [6.07, 6.45) is 0.969. The van der Waals surface area contributed by atoms with Gasteiger partial charge in [-0.15, -0.1) is 0 Å². The minimum atomic E-state index is -0.381. The minimum Gasteiger partial charge on any atom is -0.393 e. The van der Waals surface area contributed by atoms with Gasteiger partial charge in [-0.3, -0.25) is 4.79 Å². The predicted molar refractivity (Wildman–Crippen MR) is 75.7 cm³/mol. The third-order valence-corrected chi connectivity index (χ3v) is 3.91. The van der Waals surface area contributed by atoms with Crippen LogP contribution in [0.5, 0.6) is 0 Å². The Morgan fingerprint density at radius 1 is 1.50 bits per heavy atom. The first-order valence-corrected chi connectivity index (χ1v) is 7.20. The van der Waals surface area contributed by atoms with Crippen LogP contribution in [-0.2, 0) is 4.79 Å². The average molecular weight is 279 g/mol. The van der Waals surface area contributed by atoms with E-state index < -0.39 is 0 Å². The Morgan fingerprint density at radius 2 is 2.25 bits per heavy atom. The van der Waals surface area contributed by atoms with Gasteiger partial charge >= 0.3 is 0 Å². The largest absolute Gasteiger partial charge is 0.393 e. The van der Waals surface area contributed by atoms with Gasteiger partial charge in [0.2, 0.25) is 5.91 Å². The summed E-state index contributed by atoms with van der Waals surface area (Å²) in [6, 6.07) is 6.45. The van der Waals surface area contributed by atoms with E-state index in [0.717, 1.165) is 12.0 Å². The zero-order chi connectivity index (χ0) is 14.7. The molecule has 0 saturated heterocycles. The smallest absolute Gasteiger partial charge is 0.223 e. The lowest BCUT2D eigenvalue weighted by atomic mass is 10.0. The molecule has 1 aliphatic rings. The van der Waals surface area contributed by atoms with Gasteiger partial charge in [-0.1, -0.05) is 26.0 Å². The predicted octanol–water partition coefficient (Wildman–Crippen LogP) is 2.45. The van der Waals surface area contributed by atoms with Crippen LogP contribution in [-0.4, -0.2) is 23.7 Å². The van der Waals surface area contributed by atoms with Crippen molar-refractivity contribution < 1.29 is 14.3 Å². The molecular weight excluding hydrogens is 257 g/mol. The third kappa shape index (κ3) is 3.79. The van der Waals surface area contributed by atoms with E-state index in [9.17, 15) is 14.3 Å². The highest BCUT2D eigenvalue weighted by molar-refractivity contribution is 5.82. The van der Waals surface area contributed by atoms with E-state index in [-0.39, 0.29) is 35.6 Å². The Balaban J connectivity index is 1.76. The van der Waals surface area contributed by atoms with Crippen LogP contribution in [0.1, 0.15) is 38.2 Å². The van der Waals surface area contributed by atoms with Gasteiger partial charge in [0.05, 0.1) is 6.10 Å². The van der Waals surface area contributed by atoms with Crippen molar-refractivity contribution in [2.24, 2.45) is 11.8 Å². The number of carbonyl (C=O) groups excluding carboxylic acids is 1. The lowest BCUT2D eigenvalue weighted by Gasteiger charge is -2.14. The molecular formula is C16H22FNO2. The highest BCUT2D eigenvalue weighted by atomic mass is 19.1. The molecule has 2 N–H and O–H groups in total. The van der Waals surface area contributed by atoms with Gasteiger partial charge in [-0.25, -0.2) is 4.39 Å². The lowest BCUT2D eigenvalue weighted by Crippen LogP contribution is -2.30. The molecule has 3 atom stereocenters. The van der Waals surface area contributed by atoms with E-state index >= 15 is 0 Å². The second-order valence-corrected chi connectivity index (χ2v) is 5.89. The lowest BCUT2D eigenvalue weighted by molar-refractivity contribution is -0.122. The Bertz CT molecular complexity index is 475. The number of rotatable bonds is 6. The van der Waals surface area contributed by atoms with Gasteiger partial charge in [0.25, 0.3) is 0 Å². The standard InChI is InChI=1S/C16H22FNO2/c1-10(2)15(19)6-7-18-16(20)14-9-13(14)11-4-3-5-12(17)8-11/h3-5,8,10,13-15,19H,6-7,9H2,1-2H3,(H,18,20). The zero-order valence-corrected chi connectivity index (χ0v) is 12.0. The molecule has 1 saturated carbocycles. The van der Waals surface area contributed by atoms with Crippen molar-refractivity contribution in [1.82, 2.24) is 5.32 Å². The molecule has 0 bridgehead atoms. The average Bonchev–Trinajstić information content (AvgIpc) is 3.18. The normalized spacial score (nSPS) is 22.6. The van der Waals surface area contributed by atoms with Crippen LogP contribution in [0.4, 0.5) is 4.39 Å². The van der Waals surface area contributed by atoms with E-state index in [2.05, 4.69) is 5.32 Å². The maximum absolute atomic E-state index is 13.1. The molecule has 0 aliphatic heterocycles. The first kappa shape index (κ1) is 15.0. The Morgan fingerprint density at radius 3 is 2.90 bits per heavy atom. The van der Waals surface area contributed by atoms with Crippen molar-refractivity contribution in [3.63, 3.8) is 0 Å². The first-order valence-electron chi connectivity index (χ1n) is 7.20. The number of hydrogen-bond donors (Lipinski definition) is 2. The maximum Gasteiger partial charge on any atom is 0.223 e. The number of aliphatic hydroxyl groups is 1. The summed E-state index contributed by atoms with van der Waals surface area (Å²) in [5.41, 5.74) is 0.896. The summed E-state index contributed by atoms with van der Waals surface area (Å²) in [5.74, 6) is 0.0467. The molecule has 1 aromatic carbocycles. The van der Waals surface area contributed by atoms with Crippen molar-refractivity contribution >= 4 is 5.91 Å². The van der Waals surface area contributed by atoms with Crippen LogP contribution < -0.4 is 5.32 Å². The number of aliphatic hydroxyl groups excluding tert-OH is 1. The molecule has 2 rings (SSSR count). The quantitative estimate of drug-likeness (QED) is 0.840. The SMILES string of the molecule is CC(C)C(O)CCNC(=O)C1CC1c1cccc(F)c1. The number of benzene rings is 1. The molecule has 0 spiro atoms. The summed E-state index contributed by atoms with van der Waals surface area (Å²) in [7, 11) is 0. The summed E-state index contributed by atoms with van der Waals surface area (Å²) in [4.78, 5) is 11.9. The summed E-state index contributed by atoms with van der Waals surface area (Å²) >= 11 is 0. The fraction of sp³-hybridized carbons (Fsp3) is 0.562. The van der Waals surface area contributed by atoms with E-state index in [1.807, 2.05) is 19.9 Å². The number of nitrogens with one attached hydrogen (secondary N) is 1. The zero-order valence-electron chi connectivity index (χ0n) is 12.0. The molecule has 20 heavy (non-hydrogen) atoms. The van der Waals surface area contributed by atoms with Crippen molar-refractivity contribution in [3.8, 4) is 0 Å². The van der Waals surface area contributed by atoms with E-state index in [0.29, 0.717) is 13.0 Å². The van der Waals surface area contributed by atoms with Crippen LogP contribution in [0.15, 0.2) is 24.3 Å². The molecule has 1 amide bonds. The van der Waals surface area contributed by atoms with E-state index in [4.69, 9.17) is 0 Å². The molecule has 4 heteroatoms. The van der Waals surface area contributed by atoms with Crippen molar-refractivity contribution in [1.29, 1.82) is 0 Å². The molecule has 3 unspecified atom stereocenters. The fourth-order valence-electron chi connectivity index (χ4n) is 2.40. The maximum atomic E-state index is 13.1. The second kappa shape index (κ2) is 6.35. The highest BCUT2D eigenvalue weighted by Gasteiger charge is 2.43. The number of hydrogen-bond acceptors (Lipinski definition) is 2. The molecule has 1 aromatic rings. The van der Waals surface area contributed by atoms with Gasteiger partial charge in [-0.2, -0.15) is 0 Å². The number of amides is 1. The molecule has 110 valence electrons. The Labute approximate surface area is 119 Å². The van der Waals surface area contributed by atoms with Gasteiger partial charge in [0, 0.05) is 12.5 Å². The second-order valence-electron chi connectivity index (χ2n) is 5.89. The van der Waals surface area contributed by atoms with Gasteiger partial charge in [0.15, 0.2) is 0 Å². The summed E-state index contributed by atoms with van der Waals surface area (Å²) in [5, 5.41) is 12.5. The molecule has 0 radical (unpaired) electrons. The molecule has 3 nitrogen and oxygen atoms in total. The fourth-order valence-corrected chi connectivity index (χ4v) is 2.40. The van der Waals surface area contributed by atoms with Gasteiger partial charge < -0.3 is 10.4 Å². The van der Waals surface area contributed by atoms with E-state index in [1.54, 1.807) is 6.07 Å². The number of halogens is 1. The molecule has 0 heterocycles. The van der Waals surface area contributed by atoms with Crippen LogP contribution in [0, 0.1) is 17.7 Å². The summed E-state index contributed by atoms with van der Waals surface area (Å²) < 4.78 is 13.1. The monoisotopic (exact) mass is 279 g/mol. The molecule has 1 fully saturated rings. The van der Waals surface area contributed by atoms with Crippen LogP contribution in [0.2, 0.25) is 0 Å². The van der Waals surface area contributed by atoms with Crippen molar-refractivity contribution in [3.05, 3.63) is 35.6 Å². The highest BCUT2D eigenvalue weighted by Crippen LogP contribution is 2.47. The van der Waals surface area contributed by atoms with Crippen molar-refractivity contribution in [2.45, 2.75) is 38.7 Å². The van der Waals surface area contributed by atoms with Crippen LogP contribution >= 0.6 is 0 Å².